The minimum absolute atomic E-state index is 0. The van der Waals surface area contributed by atoms with Crippen molar-refractivity contribution < 1.29 is 144 Å². The molecule has 26 heteroatoms. The second kappa shape index (κ2) is 25.9. The molecule has 0 aliphatic carbocycles. The van der Waals surface area contributed by atoms with Crippen molar-refractivity contribution in [2.24, 2.45) is 30.7 Å². The number of benzene rings is 6. The van der Waals surface area contributed by atoms with Crippen LogP contribution >= 0.6 is 12.0 Å². The van der Waals surface area contributed by atoms with E-state index < -0.39 is 32.1 Å². The van der Waals surface area contributed by atoms with Crippen LogP contribution in [0.4, 0.5) is 51.2 Å². The largest absolute Gasteiger partial charge is 1.00 e. The maximum absolute atomic E-state index is 12.3. The molecule has 0 bridgehead atoms. The van der Waals surface area contributed by atoms with E-state index in [1.54, 1.807) is 67.6 Å². The zero-order chi connectivity index (χ0) is 43.5. The first kappa shape index (κ1) is 54.6. The zero-order valence-electron chi connectivity index (χ0n) is 34.4. The molecule has 0 aliphatic rings. The summed E-state index contributed by atoms with van der Waals surface area (Å²) in [4.78, 5) is 12.5. The number of carbonyl (C=O) groups is 1. The van der Waals surface area contributed by atoms with Crippen LogP contribution in [-0.4, -0.2) is 39.9 Å². The topological polar surface area (TPSA) is 293 Å². The van der Waals surface area contributed by atoms with Gasteiger partial charge >= 0.3 is 88.7 Å². The van der Waals surface area contributed by atoms with Crippen molar-refractivity contribution in [3.05, 3.63) is 109 Å². The van der Waals surface area contributed by atoms with Crippen molar-refractivity contribution in [3.63, 3.8) is 0 Å². The number of anilines is 3. The molecule has 6 rings (SSSR count). The molecule has 0 radical (unpaired) electrons. The van der Waals surface area contributed by atoms with Crippen molar-refractivity contribution >= 4 is 101 Å². The van der Waals surface area contributed by atoms with E-state index in [9.17, 15) is 36.9 Å². The summed E-state index contributed by atoms with van der Waals surface area (Å²) in [5.41, 5.74) is 2.28. The number of aromatic hydroxyl groups is 1. The Kier molecular flexibility index (Phi) is 22.1. The van der Waals surface area contributed by atoms with Gasteiger partial charge in [0.1, 0.15) is 38.6 Å². The van der Waals surface area contributed by atoms with Crippen LogP contribution in [0.5, 0.6) is 17.2 Å². The van der Waals surface area contributed by atoms with Crippen molar-refractivity contribution in [2.75, 3.05) is 17.7 Å². The average molecular weight is 955 g/mol. The van der Waals surface area contributed by atoms with Crippen LogP contribution in [0.2, 0.25) is 0 Å². The van der Waals surface area contributed by atoms with Crippen LogP contribution in [-0.2, 0) is 35.6 Å². The number of methoxy groups -OCH3 is 1. The minimum atomic E-state index is -4.71. The number of azo groups is 3. The van der Waals surface area contributed by atoms with Crippen LogP contribution in [0, 0.1) is 0 Å². The number of fused-ring (bicyclic) bond motifs is 1. The number of nitrogens with zero attached hydrogens (tertiary/aromatic N) is 6. The van der Waals surface area contributed by atoms with Gasteiger partial charge in [0.25, 0.3) is 0 Å². The first-order valence-electron chi connectivity index (χ1n) is 17.3. The molecular weight excluding hydrogens is 926 g/mol. The second-order valence-electron chi connectivity index (χ2n) is 12.2. The first-order valence-corrected chi connectivity index (χ1v) is 20.5. The average Bonchev–Trinajstić information content (AvgIpc) is 3.24. The molecular formula is C38H29N8Na3O12S3. The standard InChI is InChI=1S/C38H32N8O12S3.3Na/c1-3-36(47)40-33-20-26(11-15-31(33)44-41-23-9-13-28(14-10-23)59-58-57-49)42-43-27-12-16-32(34(21-27)55-2)45-46-37-35(56-60(50)51)17-22-7-8-25(19-30(22)38(37)48)39-24-5-4-6-29(18-24)61(52,53)54;;;/h4-21,39,48-49H,3H2,1-2H3,(H,40,47)(H,50,51)(H,52,53,54);;;/q;3*+1/p-3. The molecule has 0 saturated heterocycles. The summed E-state index contributed by atoms with van der Waals surface area (Å²) in [5, 5.41) is 56.3. The number of phenolic OH excluding ortho intramolecular Hbond substituents is 1. The van der Waals surface area contributed by atoms with Crippen molar-refractivity contribution in [1.82, 2.24) is 0 Å². The third-order valence-electron chi connectivity index (χ3n) is 8.17. The number of rotatable bonds is 17. The molecule has 6 aromatic rings. The van der Waals surface area contributed by atoms with Gasteiger partial charge in [-0.2, -0.15) is 19.7 Å². The van der Waals surface area contributed by atoms with Crippen LogP contribution in [0.3, 0.4) is 0 Å². The molecule has 20 nitrogen and oxygen atoms in total. The van der Waals surface area contributed by atoms with Gasteiger partial charge in [-0.25, -0.2) is 12.6 Å². The third-order valence-corrected chi connectivity index (χ3v) is 9.90. The van der Waals surface area contributed by atoms with Crippen molar-refractivity contribution in [1.29, 1.82) is 0 Å². The minimum Gasteiger partial charge on any atom is -0.744 e. The Hall–Kier alpha value is -3.70. The molecule has 0 heterocycles. The number of hydrogen-bond acceptors (Lipinski definition) is 20. The van der Waals surface area contributed by atoms with E-state index in [-0.39, 0.29) is 135 Å². The molecule has 0 fully saturated rings. The zero-order valence-corrected chi connectivity index (χ0v) is 42.9. The van der Waals surface area contributed by atoms with Crippen molar-refractivity contribution in [2.45, 2.75) is 23.1 Å². The summed E-state index contributed by atoms with van der Waals surface area (Å²) in [6.07, 6.45) is 0.198. The van der Waals surface area contributed by atoms with Gasteiger partial charge in [-0.1, -0.05) is 19.1 Å². The summed E-state index contributed by atoms with van der Waals surface area (Å²) in [6.45, 7) is 1.69. The normalized spacial score (nSPS) is 11.8. The first-order chi connectivity index (χ1) is 29.3. The van der Waals surface area contributed by atoms with Gasteiger partial charge in [-0.05, 0) is 96.4 Å². The predicted octanol–water partition coefficient (Wildman–Crippen LogP) is 0.212. The van der Waals surface area contributed by atoms with E-state index in [0.717, 1.165) is 24.2 Å². The Morgan fingerprint density at radius 1 is 0.781 bits per heavy atom. The summed E-state index contributed by atoms with van der Waals surface area (Å²) in [6, 6.07) is 27.0. The molecule has 0 saturated carbocycles. The third kappa shape index (κ3) is 15.2. The fourth-order valence-corrected chi connectivity index (χ4v) is 6.47. The quantitative estimate of drug-likeness (QED) is 0.0210. The molecule has 0 aliphatic heterocycles. The monoisotopic (exact) mass is 954 g/mol. The van der Waals surface area contributed by atoms with E-state index in [1.165, 1.54) is 43.5 Å². The van der Waals surface area contributed by atoms with Crippen LogP contribution in [0.1, 0.15) is 13.3 Å². The molecule has 1 atom stereocenters. The van der Waals surface area contributed by atoms with Crippen molar-refractivity contribution in [3.8, 4) is 17.2 Å². The van der Waals surface area contributed by atoms with Gasteiger partial charge in [0.2, 0.25) is 5.91 Å². The fraction of sp³-hybridized carbons (Fsp3) is 0.0789. The second-order valence-corrected chi connectivity index (χ2v) is 14.9. The van der Waals surface area contributed by atoms with E-state index in [2.05, 4.69) is 50.7 Å². The molecule has 1 amide bonds. The van der Waals surface area contributed by atoms with Gasteiger partial charge in [-0.15, -0.1) is 15.3 Å². The fourth-order valence-electron chi connectivity index (χ4n) is 5.32. The van der Waals surface area contributed by atoms with E-state index in [0.29, 0.717) is 44.4 Å². The predicted molar refractivity (Wildman–Crippen MR) is 218 cm³/mol. The summed E-state index contributed by atoms with van der Waals surface area (Å²) < 4.78 is 72.4. The Labute approximate surface area is 438 Å². The van der Waals surface area contributed by atoms with Gasteiger partial charge in [0.15, 0.2) is 17.2 Å². The molecule has 64 heavy (non-hydrogen) atoms. The van der Waals surface area contributed by atoms with E-state index >= 15 is 0 Å². The maximum atomic E-state index is 12.3. The number of hydrogen-bond donors (Lipinski definition) is 3. The van der Waals surface area contributed by atoms with Gasteiger partial charge in [0.05, 0.1) is 46.8 Å². The Morgan fingerprint density at radius 3 is 2.08 bits per heavy atom. The van der Waals surface area contributed by atoms with Gasteiger partial charge in [0, 0.05) is 34.1 Å². The Bertz CT molecular complexity index is 2830. The van der Waals surface area contributed by atoms with E-state index in [4.69, 9.17) is 8.92 Å². The molecule has 6 aromatic carbocycles. The SMILES string of the molecule is CCC(=O)Nc1cc(N=Nc2ccc(N=Nc3c(OS(=O)[O-])cc4ccc(Nc5cccc(S(=O)(=O)[O-])c5)cc4c3O)c(OC)c2)ccc1N=Nc1ccc(SOO[O-])cc1.[Na+].[Na+].[Na+]. The number of nitrogens with one attached hydrogen (secondary N) is 2. The van der Waals surface area contributed by atoms with Crippen LogP contribution in [0.15, 0.2) is 150 Å². The molecule has 0 aromatic heterocycles. The molecule has 314 valence electrons. The number of carbonyl (C=O) groups excluding carboxylic acids is 1. The summed E-state index contributed by atoms with van der Waals surface area (Å²) >= 11 is -2.32. The Morgan fingerprint density at radius 2 is 1.42 bits per heavy atom. The van der Waals surface area contributed by atoms with Crippen LogP contribution in [0.25, 0.3) is 10.8 Å². The molecule has 3 N–H and O–H groups in total. The Balaban J connectivity index is 0.00000363. The van der Waals surface area contributed by atoms with E-state index in [1.807, 2.05) is 0 Å². The van der Waals surface area contributed by atoms with Gasteiger partial charge < -0.3 is 39.0 Å². The molecule has 1 unspecified atom stereocenters. The number of phenols is 1. The van der Waals surface area contributed by atoms with Gasteiger partial charge in [-0.3, -0.25) is 9.83 Å². The summed E-state index contributed by atoms with van der Waals surface area (Å²) in [7, 11) is -3.34. The number of amides is 1. The number of ether oxygens (including phenoxy) is 1. The maximum Gasteiger partial charge on any atom is 1.00 e. The molecule has 0 spiro atoms. The van der Waals surface area contributed by atoms with Crippen LogP contribution < -0.4 is 113 Å². The smallest absolute Gasteiger partial charge is 0.744 e. The summed E-state index contributed by atoms with van der Waals surface area (Å²) in [5.74, 6) is -0.939.